The molecule has 1 saturated heterocycles. The molecule has 1 aliphatic heterocycles. The third-order valence-electron chi connectivity index (χ3n) is 4.74. The Morgan fingerprint density at radius 3 is 2.20 bits per heavy atom. The third-order valence-corrected chi connectivity index (χ3v) is 4.74. The molecule has 1 fully saturated rings. The highest BCUT2D eigenvalue weighted by molar-refractivity contribution is 5.78. The van der Waals surface area contributed by atoms with E-state index in [-0.39, 0.29) is 11.9 Å². The number of hydrogen-bond donors (Lipinski definition) is 1. The maximum atomic E-state index is 12.4. The molecule has 1 aliphatic rings. The summed E-state index contributed by atoms with van der Waals surface area (Å²) < 4.78 is 0. The van der Waals surface area contributed by atoms with Crippen molar-refractivity contribution in [2.75, 3.05) is 37.6 Å². The van der Waals surface area contributed by atoms with Gasteiger partial charge in [-0.25, -0.2) is 0 Å². The molecule has 2 aromatic rings. The van der Waals surface area contributed by atoms with Gasteiger partial charge in [0, 0.05) is 37.9 Å². The van der Waals surface area contributed by atoms with Gasteiger partial charge < -0.3 is 15.1 Å². The van der Waals surface area contributed by atoms with Gasteiger partial charge in [0.05, 0.1) is 6.54 Å². The summed E-state index contributed by atoms with van der Waals surface area (Å²) in [6.45, 7) is 5.93. The summed E-state index contributed by atoms with van der Waals surface area (Å²) in [5.74, 6) is 0.202. The van der Waals surface area contributed by atoms with Crippen LogP contribution in [0.2, 0.25) is 0 Å². The molecule has 0 aromatic heterocycles. The van der Waals surface area contributed by atoms with Crippen LogP contribution in [0.4, 0.5) is 5.69 Å². The van der Waals surface area contributed by atoms with E-state index in [0.29, 0.717) is 6.54 Å². The summed E-state index contributed by atoms with van der Waals surface area (Å²) in [5, 5.41) is 3.37. The number of para-hydroxylation sites is 1. The molecular formula is C21H27N3O. The van der Waals surface area contributed by atoms with Crippen molar-refractivity contribution in [2.24, 2.45) is 0 Å². The number of carbonyl (C=O) groups excluding carboxylic acids is 1. The molecule has 2 aromatic carbocycles. The molecule has 0 radical (unpaired) electrons. The smallest absolute Gasteiger partial charge is 0.236 e. The van der Waals surface area contributed by atoms with Crippen molar-refractivity contribution in [1.82, 2.24) is 10.2 Å². The van der Waals surface area contributed by atoms with Crippen molar-refractivity contribution in [1.29, 1.82) is 0 Å². The van der Waals surface area contributed by atoms with Gasteiger partial charge in [-0.1, -0.05) is 48.5 Å². The summed E-state index contributed by atoms with van der Waals surface area (Å²) in [7, 11) is 0. The standard InChI is InChI=1S/C21H27N3O/c1-18(16-19-8-4-2-5-9-19)22-17-21(25)24-14-12-23(13-15-24)20-10-6-3-7-11-20/h2-11,18,22H,12-17H2,1H3/t18-/m1/s1. The SMILES string of the molecule is C[C@H](Cc1ccccc1)NCC(=O)N1CCN(c2ccccc2)CC1. The first-order chi connectivity index (χ1) is 12.2. The fourth-order valence-corrected chi connectivity index (χ4v) is 3.27. The minimum absolute atomic E-state index is 0.202. The largest absolute Gasteiger partial charge is 0.368 e. The Balaban J connectivity index is 1.40. The average Bonchev–Trinajstić information content (AvgIpc) is 2.68. The van der Waals surface area contributed by atoms with Crippen LogP contribution >= 0.6 is 0 Å². The number of piperazine rings is 1. The number of anilines is 1. The number of nitrogens with one attached hydrogen (secondary N) is 1. The number of carbonyl (C=O) groups is 1. The number of rotatable bonds is 6. The first-order valence-corrected chi connectivity index (χ1v) is 9.07. The van der Waals surface area contributed by atoms with Crippen molar-refractivity contribution in [3.05, 3.63) is 66.2 Å². The van der Waals surface area contributed by atoms with Crippen LogP contribution in [0, 0.1) is 0 Å². The number of nitrogens with zero attached hydrogens (tertiary/aromatic N) is 2. The molecule has 1 heterocycles. The zero-order valence-corrected chi connectivity index (χ0v) is 14.9. The van der Waals surface area contributed by atoms with E-state index in [2.05, 4.69) is 65.7 Å². The van der Waals surface area contributed by atoms with Crippen LogP contribution in [-0.4, -0.2) is 49.6 Å². The molecule has 4 heteroatoms. The fraction of sp³-hybridized carbons (Fsp3) is 0.381. The van der Waals surface area contributed by atoms with E-state index in [4.69, 9.17) is 0 Å². The molecular weight excluding hydrogens is 310 g/mol. The topological polar surface area (TPSA) is 35.6 Å². The van der Waals surface area contributed by atoms with E-state index in [0.717, 1.165) is 32.6 Å². The van der Waals surface area contributed by atoms with Crippen molar-refractivity contribution < 1.29 is 4.79 Å². The van der Waals surface area contributed by atoms with Crippen LogP contribution in [0.1, 0.15) is 12.5 Å². The van der Waals surface area contributed by atoms with E-state index in [1.165, 1.54) is 11.3 Å². The predicted octanol–water partition coefficient (Wildman–Crippen LogP) is 2.56. The highest BCUT2D eigenvalue weighted by Gasteiger charge is 2.21. The van der Waals surface area contributed by atoms with E-state index < -0.39 is 0 Å². The average molecular weight is 337 g/mol. The van der Waals surface area contributed by atoms with Crippen LogP contribution < -0.4 is 10.2 Å². The monoisotopic (exact) mass is 337 g/mol. The maximum Gasteiger partial charge on any atom is 0.236 e. The lowest BCUT2D eigenvalue weighted by Gasteiger charge is -2.36. The van der Waals surface area contributed by atoms with Crippen LogP contribution in [0.25, 0.3) is 0 Å². The number of hydrogen-bond acceptors (Lipinski definition) is 3. The van der Waals surface area contributed by atoms with Crippen LogP contribution in [0.15, 0.2) is 60.7 Å². The van der Waals surface area contributed by atoms with Gasteiger partial charge >= 0.3 is 0 Å². The van der Waals surface area contributed by atoms with Gasteiger partial charge in [0.2, 0.25) is 5.91 Å². The Bertz CT molecular complexity index is 651. The Kier molecular flexibility index (Phi) is 6.07. The van der Waals surface area contributed by atoms with Gasteiger partial charge in [-0.3, -0.25) is 4.79 Å². The lowest BCUT2D eigenvalue weighted by atomic mass is 10.1. The minimum atomic E-state index is 0.202. The lowest BCUT2D eigenvalue weighted by molar-refractivity contribution is -0.130. The van der Waals surface area contributed by atoms with Gasteiger partial charge in [-0.15, -0.1) is 0 Å². The molecule has 0 aliphatic carbocycles. The third kappa shape index (κ3) is 5.07. The quantitative estimate of drug-likeness (QED) is 0.880. The second kappa shape index (κ2) is 8.67. The first-order valence-electron chi connectivity index (χ1n) is 9.07. The summed E-state index contributed by atoms with van der Waals surface area (Å²) >= 11 is 0. The van der Waals surface area contributed by atoms with Crippen molar-refractivity contribution in [3.8, 4) is 0 Å². The van der Waals surface area contributed by atoms with Crippen LogP contribution in [0.3, 0.4) is 0 Å². The van der Waals surface area contributed by atoms with E-state index in [9.17, 15) is 4.79 Å². The summed E-state index contributed by atoms with van der Waals surface area (Å²) in [5.41, 5.74) is 2.54. The van der Waals surface area contributed by atoms with Gasteiger partial charge in [0.25, 0.3) is 0 Å². The molecule has 1 amide bonds. The number of amides is 1. The second-order valence-electron chi connectivity index (χ2n) is 6.68. The number of benzene rings is 2. The summed E-state index contributed by atoms with van der Waals surface area (Å²) in [6.07, 6.45) is 0.940. The molecule has 1 atom stereocenters. The lowest BCUT2D eigenvalue weighted by Crippen LogP contribution is -2.51. The molecule has 4 nitrogen and oxygen atoms in total. The van der Waals surface area contributed by atoms with E-state index in [1.54, 1.807) is 0 Å². The first kappa shape index (κ1) is 17.5. The van der Waals surface area contributed by atoms with Crippen molar-refractivity contribution in [3.63, 3.8) is 0 Å². The van der Waals surface area contributed by atoms with Crippen molar-refractivity contribution >= 4 is 11.6 Å². The van der Waals surface area contributed by atoms with E-state index in [1.807, 2.05) is 17.0 Å². The zero-order chi connectivity index (χ0) is 17.5. The molecule has 1 N–H and O–H groups in total. The molecule has 0 saturated carbocycles. The summed E-state index contributed by atoms with van der Waals surface area (Å²) in [6, 6.07) is 21.1. The predicted molar refractivity (Wildman–Crippen MR) is 103 cm³/mol. The Labute approximate surface area is 150 Å². The Morgan fingerprint density at radius 2 is 1.56 bits per heavy atom. The normalized spacial score (nSPS) is 15.9. The minimum Gasteiger partial charge on any atom is -0.368 e. The molecule has 0 unspecified atom stereocenters. The van der Waals surface area contributed by atoms with Crippen LogP contribution in [-0.2, 0) is 11.2 Å². The highest BCUT2D eigenvalue weighted by atomic mass is 16.2. The van der Waals surface area contributed by atoms with Crippen LogP contribution in [0.5, 0.6) is 0 Å². The maximum absolute atomic E-state index is 12.4. The molecule has 0 spiro atoms. The van der Waals surface area contributed by atoms with Gasteiger partial charge in [0.15, 0.2) is 0 Å². The summed E-state index contributed by atoms with van der Waals surface area (Å²) in [4.78, 5) is 16.8. The van der Waals surface area contributed by atoms with E-state index >= 15 is 0 Å². The van der Waals surface area contributed by atoms with Gasteiger partial charge in [0.1, 0.15) is 0 Å². The Hall–Kier alpha value is -2.33. The second-order valence-corrected chi connectivity index (χ2v) is 6.68. The molecule has 0 bridgehead atoms. The molecule has 3 rings (SSSR count). The fourth-order valence-electron chi connectivity index (χ4n) is 3.27. The zero-order valence-electron chi connectivity index (χ0n) is 14.9. The van der Waals surface area contributed by atoms with Gasteiger partial charge in [-0.05, 0) is 31.0 Å². The van der Waals surface area contributed by atoms with Gasteiger partial charge in [-0.2, -0.15) is 0 Å². The van der Waals surface area contributed by atoms with Crippen molar-refractivity contribution in [2.45, 2.75) is 19.4 Å². The highest BCUT2D eigenvalue weighted by Crippen LogP contribution is 2.15. The Morgan fingerprint density at radius 1 is 0.960 bits per heavy atom. The molecule has 25 heavy (non-hydrogen) atoms. The molecule has 132 valence electrons.